The predicted octanol–water partition coefficient (Wildman–Crippen LogP) is 1.54. The zero-order valence-electron chi connectivity index (χ0n) is 7.14. The molecule has 1 aromatic carbocycles. The molecule has 0 fully saturated rings. The summed E-state index contributed by atoms with van der Waals surface area (Å²) in [5.41, 5.74) is 1.44. The Kier molecular flexibility index (Phi) is 3.58. The van der Waals surface area contributed by atoms with Gasteiger partial charge >= 0.3 is 0 Å². The first-order chi connectivity index (χ1) is 6.40. The van der Waals surface area contributed by atoms with Crippen LogP contribution in [0, 0.1) is 17.4 Å². The first-order valence-electron chi connectivity index (χ1n) is 3.82. The largest absolute Gasteiger partial charge is 0.266 e. The van der Waals surface area contributed by atoms with Gasteiger partial charge < -0.3 is 0 Å². The number of aromatic nitrogens is 2. The zero-order valence-corrected chi connectivity index (χ0v) is 9.53. The van der Waals surface area contributed by atoms with Crippen molar-refractivity contribution < 1.29 is 20.1 Å². The molecular weight excluding hydrogens is 354 g/mol. The molecule has 2 aromatic rings. The first-order valence-corrected chi connectivity index (χ1v) is 3.82. The molecule has 0 saturated carbocycles. The summed E-state index contributed by atoms with van der Waals surface area (Å²) in [5.74, 6) is 0. The average molecular weight is 360 g/mol. The van der Waals surface area contributed by atoms with Gasteiger partial charge in [0, 0.05) is 38.6 Å². The van der Waals surface area contributed by atoms with Crippen molar-refractivity contribution >= 4 is 0 Å². The molecule has 1 aromatic heterocycles. The molecule has 4 heteroatoms. The van der Waals surface area contributed by atoms with Gasteiger partial charge in [-0.05, 0) is 11.8 Å². The van der Waals surface area contributed by atoms with Crippen molar-refractivity contribution in [2.24, 2.45) is 0 Å². The van der Waals surface area contributed by atoms with Crippen LogP contribution in [0.1, 0.15) is 5.56 Å². The van der Waals surface area contributed by atoms with Crippen molar-refractivity contribution in [1.82, 2.24) is 9.78 Å². The normalized spacial score (nSPS) is 8.79. The molecule has 0 unspecified atom stereocenters. The van der Waals surface area contributed by atoms with E-state index in [4.69, 9.17) is 5.26 Å². The minimum Gasteiger partial charge on any atom is -0.266 e. The second-order valence-corrected chi connectivity index (χ2v) is 2.53. The van der Waals surface area contributed by atoms with E-state index in [2.05, 4.69) is 11.2 Å². The molecule has 1 heterocycles. The second kappa shape index (κ2) is 4.71. The Morgan fingerprint density at radius 1 is 1.43 bits per heavy atom. The SMILES string of the molecule is N#Cc1c[c-]c(-n2cccn2)cc1.[Ir]. The minimum absolute atomic E-state index is 0. The number of hydrogen-bond acceptors (Lipinski definition) is 2. The fraction of sp³-hybridized carbons (Fsp3) is 0. The van der Waals surface area contributed by atoms with Gasteiger partial charge in [0.05, 0.1) is 0 Å². The van der Waals surface area contributed by atoms with Crippen molar-refractivity contribution in [1.29, 1.82) is 5.26 Å². The van der Waals surface area contributed by atoms with Crippen molar-refractivity contribution in [3.05, 3.63) is 48.3 Å². The maximum atomic E-state index is 8.57. The summed E-state index contributed by atoms with van der Waals surface area (Å²) in [5, 5.41) is 12.6. The summed E-state index contributed by atoms with van der Waals surface area (Å²) >= 11 is 0. The van der Waals surface area contributed by atoms with Gasteiger partial charge in [0.15, 0.2) is 0 Å². The van der Waals surface area contributed by atoms with E-state index in [0.29, 0.717) is 5.56 Å². The molecular formula is C10H6IrN3-. The maximum Gasteiger partial charge on any atom is 0.0493 e. The van der Waals surface area contributed by atoms with Gasteiger partial charge in [-0.25, -0.2) is 5.26 Å². The Labute approximate surface area is 95.3 Å². The van der Waals surface area contributed by atoms with Gasteiger partial charge in [0.1, 0.15) is 0 Å². The predicted molar refractivity (Wildman–Crippen MR) is 47.1 cm³/mol. The molecule has 2 rings (SSSR count). The van der Waals surface area contributed by atoms with Gasteiger partial charge in [-0.1, -0.05) is 5.56 Å². The number of nitrogens with zero attached hydrogens (tertiary/aromatic N) is 3. The van der Waals surface area contributed by atoms with Gasteiger partial charge in [0.25, 0.3) is 0 Å². The second-order valence-electron chi connectivity index (χ2n) is 2.53. The summed E-state index contributed by atoms with van der Waals surface area (Å²) in [6, 6.07) is 12.1. The van der Waals surface area contributed by atoms with Crippen LogP contribution in [0.4, 0.5) is 0 Å². The van der Waals surface area contributed by atoms with Gasteiger partial charge in [-0.3, -0.25) is 4.68 Å². The third-order valence-corrected chi connectivity index (χ3v) is 1.68. The van der Waals surface area contributed by atoms with Crippen molar-refractivity contribution in [3.8, 4) is 11.8 Å². The van der Waals surface area contributed by atoms with E-state index in [1.54, 1.807) is 23.0 Å². The van der Waals surface area contributed by atoms with Gasteiger partial charge in [-0.2, -0.15) is 23.3 Å². The Morgan fingerprint density at radius 2 is 2.29 bits per heavy atom. The van der Waals surface area contributed by atoms with E-state index in [1.807, 2.05) is 24.4 Å². The maximum absolute atomic E-state index is 8.57. The molecule has 3 nitrogen and oxygen atoms in total. The van der Waals surface area contributed by atoms with Crippen molar-refractivity contribution in [3.63, 3.8) is 0 Å². The Morgan fingerprint density at radius 3 is 2.79 bits per heavy atom. The van der Waals surface area contributed by atoms with E-state index >= 15 is 0 Å². The smallest absolute Gasteiger partial charge is 0.0493 e. The van der Waals surface area contributed by atoms with Crippen LogP contribution < -0.4 is 0 Å². The summed E-state index contributed by atoms with van der Waals surface area (Å²) in [6.45, 7) is 0. The molecule has 14 heavy (non-hydrogen) atoms. The van der Waals surface area contributed by atoms with Gasteiger partial charge in [0.2, 0.25) is 0 Å². The van der Waals surface area contributed by atoms with Crippen LogP contribution >= 0.6 is 0 Å². The number of nitriles is 1. The molecule has 0 bridgehead atoms. The minimum atomic E-state index is 0. The molecule has 0 spiro atoms. The Balaban J connectivity index is 0.000000980. The van der Waals surface area contributed by atoms with E-state index < -0.39 is 0 Å². The molecule has 0 aliphatic rings. The first kappa shape index (κ1) is 10.6. The van der Waals surface area contributed by atoms with E-state index in [-0.39, 0.29) is 20.1 Å². The standard InChI is InChI=1S/C10H6N3.Ir/c11-8-9-2-4-10(5-3-9)13-7-1-6-12-13;/h1-4,6-7H;/q-1;. The van der Waals surface area contributed by atoms with E-state index in [0.717, 1.165) is 5.69 Å². The monoisotopic (exact) mass is 361 g/mol. The molecule has 0 aliphatic heterocycles. The Bertz CT molecular complexity index is 425. The van der Waals surface area contributed by atoms with Crippen molar-refractivity contribution in [2.45, 2.75) is 0 Å². The number of benzene rings is 1. The zero-order chi connectivity index (χ0) is 9.10. The van der Waals surface area contributed by atoms with Crippen LogP contribution in [0.2, 0.25) is 0 Å². The molecule has 71 valence electrons. The summed E-state index contributed by atoms with van der Waals surface area (Å²) in [6.07, 6.45) is 3.53. The molecule has 0 amide bonds. The molecule has 0 N–H and O–H groups in total. The fourth-order valence-electron chi connectivity index (χ4n) is 1.04. The van der Waals surface area contributed by atoms with Crippen LogP contribution in [-0.2, 0) is 20.1 Å². The molecule has 0 saturated heterocycles. The third kappa shape index (κ3) is 2.08. The van der Waals surface area contributed by atoms with Gasteiger partial charge in [-0.15, -0.1) is 6.07 Å². The van der Waals surface area contributed by atoms with Crippen LogP contribution in [0.5, 0.6) is 0 Å². The third-order valence-electron chi connectivity index (χ3n) is 1.68. The molecule has 1 radical (unpaired) electrons. The Hall–Kier alpha value is -1.43. The van der Waals surface area contributed by atoms with Crippen LogP contribution in [-0.4, -0.2) is 9.78 Å². The quantitative estimate of drug-likeness (QED) is 0.724. The van der Waals surface area contributed by atoms with Crippen LogP contribution in [0.15, 0.2) is 36.7 Å². The average Bonchev–Trinajstić information content (AvgIpc) is 2.71. The van der Waals surface area contributed by atoms with Crippen molar-refractivity contribution in [2.75, 3.05) is 0 Å². The fourth-order valence-corrected chi connectivity index (χ4v) is 1.04. The molecule has 0 aliphatic carbocycles. The summed E-state index contributed by atoms with van der Waals surface area (Å²) < 4.78 is 1.70. The number of rotatable bonds is 1. The van der Waals surface area contributed by atoms with Crippen LogP contribution in [0.3, 0.4) is 0 Å². The van der Waals surface area contributed by atoms with E-state index in [9.17, 15) is 0 Å². The number of hydrogen-bond donors (Lipinski definition) is 0. The topological polar surface area (TPSA) is 41.6 Å². The van der Waals surface area contributed by atoms with E-state index in [1.165, 1.54) is 0 Å². The molecule has 0 atom stereocenters. The summed E-state index contributed by atoms with van der Waals surface area (Å²) in [4.78, 5) is 0. The summed E-state index contributed by atoms with van der Waals surface area (Å²) in [7, 11) is 0. The van der Waals surface area contributed by atoms with Crippen LogP contribution in [0.25, 0.3) is 5.69 Å².